The fourth-order valence-corrected chi connectivity index (χ4v) is 2.47. The molecule has 0 radical (unpaired) electrons. The third-order valence-corrected chi connectivity index (χ3v) is 3.39. The van der Waals surface area contributed by atoms with Crippen LogP contribution in [0.25, 0.3) is 0 Å². The van der Waals surface area contributed by atoms with Gasteiger partial charge < -0.3 is 5.73 Å². The molecule has 0 aromatic rings. The van der Waals surface area contributed by atoms with E-state index in [9.17, 15) is 0 Å². The minimum absolute atomic E-state index is 0.361. The standard InChI is InChI=1S/C9H16N4/c10-6-1-4-9-8(5-6)11-12-13(9)7-2-3-7/h6-9H,1-5,10H2. The highest BCUT2D eigenvalue weighted by atomic mass is 15.6. The Morgan fingerprint density at radius 3 is 2.77 bits per heavy atom. The average molecular weight is 180 g/mol. The molecule has 2 fully saturated rings. The fourth-order valence-electron chi connectivity index (χ4n) is 2.47. The first-order valence-electron chi connectivity index (χ1n) is 5.29. The Labute approximate surface area is 78.2 Å². The second kappa shape index (κ2) is 2.67. The lowest BCUT2D eigenvalue weighted by atomic mass is 9.87. The maximum absolute atomic E-state index is 5.91. The highest BCUT2D eigenvalue weighted by Crippen LogP contribution is 2.38. The smallest absolute Gasteiger partial charge is 0.0964 e. The predicted octanol–water partition coefficient (Wildman–Crippen LogP) is 1.08. The van der Waals surface area contributed by atoms with E-state index in [1.807, 2.05) is 0 Å². The van der Waals surface area contributed by atoms with Gasteiger partial charge in [-0.15, -0.1) is 0 Å². The molecule has 4 nitrogen and oxygen atoms in total. The zero-order valence-corrected chi connectivity index (χ0v) is 7.76. The van der Waals surface area contributed by atoms with Gasteiger partial charge in [0.25, 0.3) is 0 Å². The molecule has 13 heavy (non-hydrogen) atoms. The maximum Gasteiger partial charge on any atom is 0.0964 e. The summed E-state index contributed by atoms with van der Waals surface area (Å²) in [6.07, 6.45) is 6.00. The van der Waals surface area contributed by atoms with E-state index in [0.29, 0.717) is 24.2 Å². The molecule has 4 heteroatoms. The van der Waals surface area contributed by atoms with Crippen molar-refractivity contribution in [2.45, 2.75) is 56.3 Å². The first-order valence-corrected chi connectivity index (χ1v) is 5.29. The highest BCUT2D eigenvalue weighted by molar-refractivity contribution is 4.98. The number of hydrogen-bond acceptors (Lipinski definition) is 4. The van der Waals surface area contributed by atoms with Crippen LogP contribution >= 0.6 is 0 Å². The largest absolute Gasteiger partial charge is 0.328 e. The molecule has 0 amide bonds. The monoisotopic (exact) mass is 180 g/mol. The number of fused-ring (bicyclic) bond motifs is 1. The van der Waals surface area contributed by atoms with Crippen molar-refractivity contribution in [1.29, 1.82) is 0 Å². The zero-order valence-electron chi connectivity index (χ0n) is 7.76. The van der Waals surface area contributed by atoms with Gasteiger partial charge in [-0.3, -0.25) is 5.01 Å². The van der Waals surface area contributed by atoms with Crippen LogP contribution in [0.3, 0.4) is 0 Å². The summed E-state index contributed by atoms with van der Waals surface area (Å²) < 4.78 is 0. The normalized spacial score (nSPS) is 43.8. The molecule has 2 saturated carbocycles. The molecule has 0 aromatic carbocycles. The van der Waals surface area contributed by atoms with Gasteiger partial charge in [0, 0.05) is 12.1 Å². The van der Waals surface area contributed by atoms with Gasteiger partial charge in [-0.05, 0) is 32.1 Å². The van der Waals surface area contributed by atoms with Crippen LogP contribution in [0.2, 0.25) is 0 Å². The van der Waals surface area contributed by atoms with Crippen LogP contribution in [-0.4, -0.2) is 29.2 Å². The molecule has 0 bridgehead atoms. The maximum atomic E-state index is 5.91. The summed E-state index contributed by atoms with van der Waals surface area (Å²) >= 11 is 0. The summed E-state index contributed by atoms with van der Waals surface area (Å²) in [5.41, 5.74) is 5.91. The number of nitrogens with zero attached hydrogens (tertiary/aromatic N) is 3. The second-order valence-corrected chi connectivity index (χ2v) is 4.52. The topological polar surface area (TPSA) is 54.0 Å². The van der Waals surface area contributed by atoms with E-state index in [1.165, 1.54) is 19.3 Å². The summed E-state index contributed by atoms with van der Waals surface area (Å²) in [4.78, 5) is 0. The highest BCUT2D eigenvalue weighted by Gasteiger charge is 2.43. The van der Waals surface area contributed by atoms with Crippen molar-refractivity contribution in [3.8, 4) is 0 Å². The molecule has 0 spiro atoms. The lowest BCUT2D eigenvalue weighted by molar-refractivity contribution is 0.169. The molecule has 72 valence electrons. The van der Waals surface area contributed by atoms with Gasteiger partial charge in [-0.1, -0.05) is 5.22 Å². The van der Waals surface area contributed by atoms with Gasteiger partial charge in [0.2, 0.25) is 0 Å². The zero-order chi connectivity index (χ0) is 8.84. The van der Waals surface area contributed by atoms with Crippen molar-refractivity contribution in [3.05, 3.63) is 0 Å². The van der Waals surface area contributed by atoms with E-state index in [4.69, 9.17) is 5.73 Å². The van der Waals surface area contributed by atoms with Gasteiger partial charge in [0.15, 0.2) is 0 Å². The minimum atomic E-state index is 0.361. The molecule has 0 aromatic heterocycles. The third kappa shape index (κ3) is 1.24. The van der Waals surface area contributed by atoms with E-state index >= 15 is 0 Å². The number of nitrogens with two attached hydrogens (primary N) is 1. The van der Waals surface area contributed by atoms with Crippen molar-refractivity contribution in [2.75, 3.05) is 0 Å². The van der Waals surface area contributed by atoms with Gasteiger partial charge in [-0.2, -0.15) is 5.11 Å². The number of hydrogen-bond donors (Lipinski definition) is 1. The summed E-state index contributed by atoms with van der Waals surface area (Å²) in [5.74, 6) is 0. The Morgan fingerprint density at radius 1 is 1.15 bits per heavy atom. The molecule has 2 aliphatic carbocycles. The van der Waals surface area contributed by atoms with Crippen molar-refractivity contribution >= 4 is 0 Å². The van der Waals surface area contributed by atoms with Crippen LogP contribution in [0.5, 0.6) is 0 Å². The molecular weight excluding hydrogens is 164 g/mol. The lowest BCUT2D eigenvalue weighted by Gasteiger charge is -2.31. The van der Waals surface area contributed by atoms with E-state index in [1.54, 1.807) is 0 Å². The molecule has 3 unspecified atom stereocenters. The first kappa shape index (κ1) is 7.74. The molecule has 3 atom stereocenters. The van der Waals surface area contributed by atoms with Gasteiger partial charge in [0.05, 0.1) is 12.1 Å². The summed E-state index contributed by atoms with van der Waals surface area (Å²) in [6, 6.07) is 2.07. The van der Waals surface area contributed by atoms with Crippen LogP contribution in [0.1, 0.15) is 32.1 Å². The molecule has 3 aliphatic rings. The van der Waals surface area contributed by atoms with Gasteiger partial charge in [-0.25, -0.2) is 0 Å². The summed E-state index contributed by atoms with van der Waals surface area (Å²) in [7, 11) is 0. The average Bonchev–Trinajstić information content (AvgIpc) is 2.87. The molecule has 2 N–H and O–H groups in total. The Hall–Kier alpha value is -0.640. The molecule has 1 heterocycles. The van der Waals surface area contributed by atoms with Crippen LogP contribution in [-0.2, 0) is 0 Å². The second-order valence-electron chi connectivity index (χ2n) is 4.52. The van der Waals surface area contributed by atoms with Crippen LogP contribution < -0.4 is 5.73 Å². The molecule has 1 aliphatic heterocycles. The number of rotatable bonds is 1. The Morgan fingerprint density at radius 2 is 2.00 bits per heavy atom. The molecule has 3 rings (SSSR count). The Kier molecular flexibility index (Phi) is 1.59. The fraction of sp³-hybridized carbons (Fsp3) is 1.00. The van der Waals surface area contributed by atoms with Crippen LogP contribution in [0.15, 0.2) is 10.3 Å². The van der Waals surface area contributed by atoms with Crippen molar-refractivity contribution in [3.63, 3.8) is 0 Å². The molecule has 0 saturated heterocycles. The van der Waals surface area contributed by atoms with E-state index in [2.05, 4.69) is 15.3 Å². The third-order valence-electron chi connectivity index (χ3n) is 3.39. The Balaban J connectivity index is 1.73. The summed E-state index contributed by atoms with van der Waals surface area (Å²) in [6.45, 7) is 0. The predicted molar refractivity (Wildman–Crippen MR) is 49.1 cm³/mol. The van der Waals surface area contributed by atoms with E-state index in [0.717, 1.165) is 12.8 Å². The lowest BCUT2D eigenvalue weighted by Crippen LogP contribution is -2.44. The SMILES string of the molecule is NC1CCC2C(C1)N=NN2C1CC1. The van der Waals surface area contributed by atoms with Crippen molar-refractivity contribution in [2.24, 2.45) is 16.1 Å². The van der Waals surface area contributed by atoms with Crippen LogP contribution in [0, 0.1) is 0 Å². The minimum Gasteiger partial charge on any atom is -0.328 e. The van der Waals surface area contributed by atoms with Crippen LogP contribution in [0.4, 0.5) is 0 Å². The summed E-state index contributed by atoms with van der Waals surface area (Å²) in [5, 5.41) is 10.8. The van der Waals surface area contributed by atoms with Crippen molar-refractivity contribution in [1.82, 2.24) is 5.01 Å². The Bertz CT molecular complexity index is 236. The van der Waals surface area contributed by atoms with Gasteiger partial charge >= 0.3 is 0 Å². The van der Waals surface area contributed by atoms with E-state index in [-0.39, 0.29) is 0 Å². The quantitative estimate of drug-likeness (QED) is 0.656. The molecular formula is C9H16N4. The van der Waals surface area contributed by atoms with Gasteiger partial charge in [0.1, 0.15) is 0 Å². The first-order chi connectivity index (χ1) is 6.34. The van der Waals surface area contributed by atoms with Crippen molar-refractivity contribution < 1.29 is 0 Å². The van der Waals surface area contributed by atoms with E-state index < -0.39 is 0 Å².